The van der Waals surface area contributed by atoms with Crippen LogP contribution < -0.4 is 0 Å². The Hall–Kier alpha value is -1.55. The fourth-order valence-electron chi connectivity index (χ4n) is 2.96. The van der Waals surface area contributed by atoms with Gasteiger partial charge in [0.15, 0.2) is 0 Å². The molecular formula is C13H16N2O2. The van der Waals surface area contributed by atoms with Crippen LogP contribution in [0.1, 0.15) is 12.0 Å². The summed E-state index contributed by atoms with van der Waals surface area (Å²) >= 11 is 0. The summed E-state index contributed by atoms with van der Waals surface area (Å²) in [5.41, 5.74) is 1.31. The molecule has 0 spiro atoms. The van der Waals surface area contributed by atoms with E-state index in [0.717, 1.165) is 19.5 Å². The number of nitrogens with zero attached hydrogens (tertiary/aromatic N) is 2. The third kappa shape index (κ3) is 1.78. The molecule has 0 aliphatic carbocycles. The molecule has 2 heterocycles. The average molecular weight is 232 g/mol. The Kier molecular flexibility index (Phi) is 2.52. The van der Waals surface area contributed by atoms with Crippen molar-refractivity contribution in [1.82, 2.24) is 9.80 Å². The molecule has 0 bridgehead atoms. The zero-order chi connectivity index (χ0) is 11.8. The Morgan fingerprint density at radius 1 is 1.29 bits per heavy atom. The zero-order valence-corrected chi connectivity index (χ0v) is 9.62. The minimum atomic E-state index is -0.767. The van der Waals surface area contributed by atoms with Crippen LogP contribution >= 0.6 is 0 Å². The summed E-state index contributed by atoms with van der Waals surface area (Å²) in [6.07, 6.45) is 0.209. The quantitative estimate of drug-likeness (QED) is 0.842. The highest BCUT2D eigenvalue weighted by Gasteiger charge is 2.48. The van der Waals surface area contributed by atoms with E-state index < -0.39 is 6.09 Å². The second kappa shape index (κ2) is 4.04. The van der Waals surface area contributed by atoms with Gasteiger partial charge in [-0.3, -0.25) is 4.90 Å². The average Bonchev–Trinajstić information content (AvgIpc) is 2.65. The van der Waals surface area contributed by atoms with Gasteiger partial charge in [-0.1, -0.05) is 30.3 Å². The van der Waals surface area contributed by atoms with Crippen LogP contribution in [-0.2, 0) is 6.54 Å². The van der Waals surface area contributed by atoms with Gasteiger partial charge in [-0.25, -0.2) is 4.79 Å². The zero-order valence-electron chi connectivity index (χ0n) is 9.62. The van der Waals surface area contributed by atoms with Gasteiger partial charge in [0.1, 0.15) is 0 Å². The third-order valence-electron chi connectivity index (χ3n) is 3.88. The van der Waals surface area contributed by atoms with Crippen LogP contribution in [0.25, 0.3) is 0 Å². The summed E-state index contributed by atoms with van der Waals surface area (Å²) in [7, 11) is 0. The molecule has 1 amide bonds. The number of amides is 1. The molecule has 0 radical (unpaired) electrons. The maximum absolute atomic E-state index is 11.0. The van der Waals surface area contributed by atoms with E-state index in [1.54, 1.807) is 4.90 Å². The maximum atomic E-state index is 11.0. The predicted octanol–water partition coefficient (Wildman–Crippen LogP) is 1.62. The lowest BCUT2D eigenvalue weighted by atomic mass is 9.96. The van der Waals surface area contributed by atoms with E-state index in [1.807, 2.05) is 18.2 Å². The molecule has 1 N–H and O–H groups in total. The minimum Gasteiger partial charge on any atom is -0.465 e. The van der Waals surface area contributed by atoms with Crippen molar-refractivity contribution in [3.05, 3.63) is 35.9 Å². The molecule has 0 aromatic heterocycles. The van der Waals surface area contributed by atoms with E-state index in [2.05, 4.69) is 17.0 Å². The highest BCUT2D eigenvalue weighted by molar-refractivity contribution is 5.66. The Balaban J connectivity index is 1.62. The van der Waals surface area contributed by atoms with Gasteiger partial charge in [-0.15, -0.1) is 0 Å². The molecule has 2 aliphatic heterocycles. The highest BCUT2D eigenvalue weighted by atomic mass is 16.4. The van der Waals surface area contributed by atoms with Crippen LogP contribution in [0.3, 0.4) is 0 Å². The van der Waals surface area contributed by atoms with Gasteiger partial charge in [-0.2, -0.15) is 0 Å². The number of rotatable bonds is 2. The third-order valence-corrected chi connectivity index (χ3v) is 3.88. The SMILES string of the molecule is O=C(O)N1CCC2C1CN2Cc1ccccc1. The molecule has 2 atom stereocenters. The van der Waals surface area contributed by atoms with Crippen LogP contribution in [-0.4, -0.2) is 46.2 Å². The monoisotopic (exact) mass is 232 g/mol. The van der Waals surface area contributed by atoms with Crippen molar-refractivity contribution in [1.29, 1.82) is 0 Å². The van der Waals surface area contributed by atoms with Gasteiger partial charge < -0.3 is 10.0 Å². The van der Waals surface area contributed by atoms with E-state index in [0.29, 0.717) is 12.6 Å². The predicted molar refractivity (Wildman–Crippen MR) is 63.8 cm³/mol. The van der Waals surface area contributed by atoms with Crippen molar-refractivity contribution < 1.29 is 9.90 Å². The van der Waals surface area contributed by atoms with E-state index >= 15 is 0 Å². The molecule has 3 rings (SSSR count). The molecule has 2 aliphatic rings. The van der Waals surface area contributed by atoms with Crippen molar-refractivity contribution in [3.63, 3.8) is 0 Å². The van der Waals surface area contributed by atoms with Crippen molar-refractivity contribution in [2.24, 2.45) is 0 Å². The first-order chi connectivity index (χ1) is 8.25. The van der Waals surface area contributed by atoms with Crippen LogP contribution in [0.4, 0.5) is 4.79 Å². The number of hydrogen-bond acceptors (Lipinski definition) is 2. The lowest BCUT2D eigenvalue weighted by Gasteiger charge is -2.46. The number of likely N-dealkylation sites (tertiary alicyclic amines) is 2. The second-order valence-corrected chi connectivity index (χ2v) is 4.81. The highest BCUT2D eigenvalue weighted by Crippen LogP contribution is 2.33. The van der Waals surface area contributed by atoms with E-state index in [4.69, 9.17) is 5.11 Å². The normalized spacial score (nSPS) is 27.6. The first-order valence-electron chi connectivity index (χ1n) is 6.03. The number of carboxylic acid groups (broad SMARTS) is 1. The molecule has 17 heavy (non-hydrogen) atoms. The number of fused-ring (bicyclic) bond motifs is 1. The largest absolute Gasteiger partial charge is 0.465 e. The fourth-order valence-corrected chi connectivity index (χ4v) is 2.96. The standard InChI is InChI=1S/C13H16N2O2/c16-13(17)15-7-6-11-12(15)9-14(11)8-10-4-2-1-3-5-10/h1-5,11-12H,6-9H2,(H,16,17). The van der Waals surface area contributed by atoms with Crippen LogP contribution in [0.15, 0.2) is 30.3 Å². The topological polar surface area (TPSA) is 43.8 Å². The summed E-state index contributed by atoms with van der Waals surface area (Å²) in [5, 5.41) is 9.02. The minimum absolute atomic E-state index is 0.233. The van der Waals surface area contributed by atoms with Gasteiger partial charge >= 0.3 is 6.09 Å². The first kappa shape index (κ1) is 10.6. The van der Waals surface area contributed by atoms with Crippen molar-refractivity contribution >= 4 is 6.09 Å². The van der Waals surface area contributed by atoms with E-state index in [1.165, 1.54) is 5.56 Å². The lowest BCUT2D eigenvalue weighted by molar-refractivity contribution is 0.0195. The molecule has 2 unspecified atom stereocenters. The number of benzene rings is 1. The van der Waals surface area contributed by atoms with E-state index in [9.17, 15) is 4.79 Å². The fraction of sp³-hybridized carbons (Fsp3) is 0.462. The van der Waals surface area contributed by atoms with Gasteiger partial charge in [0.2, 0.25) is 0 Å². The Labute approximate surface area is 100 Å². The Morgan fingerprint density at radius 3 is 2.76 bits per heavy atom. The molecule has 2 saturated heterocycles. The van der Waals surface area contributed by atoms with Crippen molar-refractivity contribution in [3.8, 4) is 0 Å². The first-order valence-corrected chi connectivity index (χ1v) is 6.03. The molecule has 4 nitrogen and oxygen atoms in total. The molecule has 1 aromatic rings. The molecule has 0 saturated carbocycles. The summed E-state index contributed by atoms with van der Waals surface area (Å²) in [4.78, 5) is 14.9. The molecule has 4 heteroatoms. The van der Waals surface area contributed by atoms with Gasteiger partial charge in [0, 0.05) is 25.7 Å². The summed E-state index contributed by atoms with van der Waals surface area (Å²) in [6.45, 7) is 2.51. The maximum Gasteiger partial charge on any atom is 0.407 e. The number of carbonyl (C=O) groups is 1. The van der Waals surface area contributed by atoms with Crippen LogP contribution in [0.2, 0.25) is 0 Å². The van der Waals surface area contributed by atoms with Crippen molar-refractivity contribution in [2.45, 2.75) is 25.0 Å². The summed E-state index contributed by atoms with van der Waals surface area (Å²) in [5.74, 6) is 0. The second-order valence-electron chi connectivity index (χ2n) is 4.81. The number of hydrogen-bond donors (Lipinski definition) is 1. The molecule has 2 fully saturated rings. The van der Waals surface area contributed by atoms with E-state index in [-0.39, 0.29) is 6.04 Å². The summed E-state index contributed by atoms with van der Waals surface area (Å²) < 4.78 is 0. The van der Waals surface area contributed by atoms with Gasteiger partial charge in [0.25, 0.3) is 0 Å². The Bertz CT molecular complexity index is 421. The van der Waals surface area contributed by atoms with Gasteiger partial charge in [-0.05, 0) is 12.0 Å². The van der Waals surface area contributed by atoms with Gasteiger partial charge in [0.05, 0.1) is 6.04 Å². The lowest BCUT2D eigenvalue weighted by Crippen LogP contribution is -2.61. The Morgan fingerprint density at radius 2 is 2.06 bits per heavy atom. The van der Waals surface area contributed by atoms with Crippen LogP contribution in [0, 0.1) is 0 Å². The smallest absolute Gasteiger partial charge is 0.407 e. The van der Waals surface area contributed by atoms with Crippen LogP contribution in [0.5, 0.6) is 0 Å². The molecular weight excluding hydrogens is 216 g/mol. The van der Waals surface area contributed by atoms with Crippen molar-refractivity contribution in [2.75, 3.05) is 13.1 Å². The molecule has 1 aromatic carbocycles. The molecule has 90 valence electrons. The summed E-state index contributed by atoms with van der Waals surface area (Å²) in [6, 6.07) is 11.0.